The van der Waals surface area contributed by atoms with Gasteiger partial charge < -0.3 is 20.3 Å². The van der Waals surface area contributed by atoms with Gasteiger partial charge in [-0.2, -0.15) is 0 Å². The van der Waals surface area contributed by atoms with E-state index in [2.05, 4.69) is 5.32 Å². The molecule has 0 bridgehead atoms. The molecule has 1 saturated carbocycles. The molecule has 0 unspecified atom stereocenters. The van der Waals surface area contributed by atoms with Gasteiger partial charge in [0.05, 0.1) is 18.1 Å². The first-order valence-corrected chi connectivity index (χ1v) is 6.11. The zero-order chi connectivity index (χ0) is 13.9. The van der Waals surface area contributed by atoms with Crippen LogP contribution in [0.5, 0.6) is 0 Å². The normalized spacial score (nSPS) is 28.6. The zero-order valence-corrected chi connectivity index (χ0v) is 11.0. The van der Waals surface area contributed by atoms with Gasteiger partial charge in [-0.15, -0.1) is 0 Å². The molecule has 3 atom stereocenters. The van der Waals surface area contributed by atoms with Crippen LogP contribution >= 0.6 is 0 Å². The van der Waals surface area contributed by atoms with E-state index in [-0.39, 0.29) is 0 Å². The van der Waals surface area contributed by atoms with Crippen molar-refractivity contribution in [1.29, 1.82) is 0 Å². The van der Waals surface area contributed by atoms with Gasteiger partial charge in [-0.1, -0.05) is 6.42 Å². The Hall–Kier alpha value is -1.30. The molecular weight excluding hydrogens is 238 g/mol. The number of carboxylic acids is 1. The Morgan fingerprint density at radius 3 is 2.39 bits per heavy atom. The number of carbonyl (C=O) groups excluding carboxylic acids is 1. The third kappa shape index (κ3) is 4.18. The Labute approximate surface area is 106 Å². The number of ether oxygens (including phenoxy) is 1. The van der Waals surface area contributed by atoms with Crippen molar-refractivity contribution in [1.82, 2.24) is 5.32 Å². The summed E-state index contributed by atoms with van der Waals surface area (Å²) in [6, 6.07) is -0.560. The topological polar surface area (TPSA) is 95.9 Å². The summed E-state index contributed by atoms with van der Waals surface area (Å²) in [5, 5.41) is 21.4. The third-order valence-electron chi connectivity index (χ3n) is 2.87. The fourth-order valence-corrected chi connectivity index (χ4v) is 2.07. The number of nitrogens with one attached hydrogen (secondary N) is 1. The summed E-state index contributed by atoms with van der Waals surface area (Å²) in [5.41, 5.74) is -0.615. The lowest BCUT2D eigenvalue weighted by Gasteiger charge is -2.33. The molecule has 0 radical (unpaired) electrons. The second-order valence-electron chi connectivity index (χ2n) is 5.62. The minimum atomic E-state index is -1.07. The van der Waals surface area contributed by atoms with E-state index in [1.54, 1.807) is 20.8 Å². The Bertz CT molecular complexity index is 323. The number of aliphatic hydroxyl groups excluding tert-OH is 1. The van der Waals surface area contributed by atoms with Crippen LogP contribution in [0.25, 0.3) is 0 Å². The van der Waals surface area contributed by atoms with Crippen LogP contribution in [-0.2, 0) is 9.53 Å². The number of aliphatic hydroxyl groups is 1. The fraction of sp³-hybridized carbons (Fsp3) is 0.833. The van der Waals surface area contributed by atoms with E-state index in [4.69, 9.17) is 9.84 Å². The van der Waals surface area contributed by atoms with E-state index in [0.717, 1.165) is 0 Å². The fourth-order valence-electron chi connectivity index (χ4n) is 2.07. The summed E-state index contributed by atoms with van der Waals surface area (Å²) in [6.45, 7) is 5.22. The van der Waals surface area contributed by atoms with E-state index in [0.29, 0.717) is 19.3 Å². The van der Waals surface area contributed by atoms with E-state index in [1.165, 1.54) is 0 Å². The summed E-state index contributed by atoms with van der Waals surface area (Å²) in [6.07, 6.45) is -0.0387. The molecule has 1 amide bonds. The molecule has 0 spiro atoms. The highest BCUT2D eigenvalue weighted by Crippen LogP contribution is 2.25. The van der Waals surface area contributed by atoms with Crippen LogP contribution in [0.15, 0.2) is 0 Å². The lowest BCUT2D eigenvalue weighted by Crippen LogP contribution is -2.51. The van der Waals surface area contributed by atoms with Gasteiger partial charge >= 0.3 is 12.1 Å². The molecule has 104 valence electrons. The minimum absolute atomic E-state index is 0.434. The average Bonchev–Trinajstić information content (AvgIpc) is 2.17. The average molecular weight is 259 g/mol. The summed E-state index contributed by atoms with van der Waals surface area (Å²) in [5.74, 6) is -1.85. The Morgan fingerprint density at radius 1 is 1.28 bits per heavy atom. The minimum Gasteiger partial charge on any atom is -0.481 e. The van der Waals surface area contributed by atoms with Gasteiger partial charge in [-0.05, 0) is 33.6 Å². The number of rotatable bonds is 2. The summed E-state index contributed by atoms with van der Waals surface area (Å²) in [7, 11) is 0. The van der Waals surface area contributed by atoms with Crippen molar-refractivity contribution in [3.05, 3.63) is 0 Å². The molecule has 0 aromatic rings. The predicted octanol–water partition coefficient (Wildman–Crippen LogP) is 1.13. The second kappa shape index (κ2) is 5.56. The number of aliphatic carboxylic acids is 1. The van der Waals surface area contributed by atoms with Crippen molar-refractivity contribution in [2.24, 2.45) is 5.92 Å². The van der Waals surface area contributed by atoms with Gasteiger partial charge in [0.1, 0.15) is 5.60 Å². The van der Waals surface area contributed by atoms with Gasteiger partial charge in [0.15, 0.2) is 0 Å². The quantitative estimate of drug-likeness (QED) is 0.690. The van der Waals surface area contributed by atoms with Gasteiger partial charge in [-0.25, -0.2) is 4.79 Å². The zero-order valence-electron chi connectivity index (χ0n) is 11.0. The first-order chi connectivity index (χ1) is 8.20. The molecule has 0 saturated heterocycles. The molecule has 0 aromatic carbocycles. The Balaban J connectivity index is 2.56. The lowest BCUT2D eigenvalue weighted by atomic mass is 9.83. The standard InChI is InChI=1S/C12H21NO5/c1-12(2,3)18-11(17)13-8-6-4-5-7(9(8)14)10(15)16/h7-9,14H,4-6H2,1-3H3,(H,13,17)(H,15,16)/t7-,8+,9-/m0/s1. The van der Waals surface area contributed by atoms with Crippen molar-refractivity contribution in [2.75, 3.05) is 0 Å². The molecular formula is C12H21NO5. The van der Waals surface area contributed by atoms with Crippen LogP contribution < -0.4 is 5.32 Å². The largest absolute Gasteiger partial charge is 0.481 e. The van der Waals surface area contributed by atoms with Gasteiger partial charge in [0, 0.05) is 0 Å². The monoisotopic (exact) mass is 259 g/mol. The molecule has 18 heavy (non-hydrogen) atoms. The third-order valence-corrected chi connectivity index (χ3v) is 2.87. The van der Waals surface area contributed by atoms with Crippen LogP contribution in [0.2, 0.25) is 0 Å². The van der Waals surface area contributed by atoms with Gasteiger partial charge in [0.25, 0.3) is 0 Å². The predicted molar refractivity (Wildman–Crippen MR) is 64.1 cm³/mol. The molecule has 1 rings (SSSR count). The molecule has 6 heteroatoms. The first-order valence-electron chi connectivity index (χ1n) is 6.11. The highest BCUT2D eigenvalue weighted by atomic mass is 16.6. The van der Waals surface area contributed by atoms with Gasteiger partial charge in [0.2, 0.25) is 0 Å². The summed E-state index contributed by atoms with van der Waals surface area (Å²) < 4.78 is 5.08. The van der Waals surface area contributed by atoms with E-state index in [9.17, 15) is 14.7 Å². The van der Waals surface area contributed by atoms with E-state index >= 15 is 0 Å². The smallest absolute Gasteiger partial charge is 0.407 e. The van der Waals surface area contributed by atoms with Crippen molar-refractivity contribution in [3.8, 4) is 0 Å². The first kappa shape index (κ1) is 14.8. The highest BCUT2D eigenvalue weighted by molar-refractivity contribution is 5.72. The van der Waals surface area contributed by atoms with Crippen molar-refractivity contribution in [3.63, 3.8) is 0 Å². The lowest BCUT2D eigenvalue weighted by molar-refractivity contribution is -0.148. The van der Waals surface area contributed by atoms with E-state index in [1.807, 2.05) is 0 Å². The number of amides is 1. The number of hydrogen-bond acceptors (Lipinski definition) is 4. The van der Waals surface area contributed by atoms with Crippen LogP contribution in [-0.4, -0.2) is 40.0 Å². The Morgan fingerprint density at radius 2 is 1.89 bits per heavy atom. The number of hydrogen-bond donors (Lipinski definition) is 3. The highest BCUT2D eigenvalue weighted by Gasteiger charge is 2.37. The van der Waals surface area contributed by atoms with Crippen LogP contribution in [0.3, 0.4) is 0 Å². The molecule has 0 aromatic heterocycles. The number of carboxylic acid groups (broad SMARTS) is 1. The summed E-state index contributed by atoms with van der Waals surface area (Å²) >= 11 is 0. The van der Waals surface area contributed by atoms with Crippen LogP contribution in [0, 0.1) is 5.92 Å². The SMILES string of the molecule is CC(C)(C)OC(=O)N[C@@H]1CCC[C@H](C(=O)O)[C@@H]1O. The van der Waals surface area contributed by atoms with Crippen molar-refractivity contribution >= 4 is 12.1 Å². The maximum Gasteiger partial charge on any atom is 0.407 e. The summed E-state index contributed by atoms with van der Waals surface area (Å²) in [4.78, 5) is 22.5. The van der Waals surface area contributed by atoms with Crippen LogP contribution in [0.4, 0.5) is 4.79 Å². The van der Waals surface area contributed by atoms with Gasteiger partial charge in [-0.3, -0.25) is 4.79 Å². The molecule has 0 heterocycles. The molecule has 1 fully saturated rings. The second-order valence-corrected chi connectivity index (χ2v) is 5.62. The van der Waals surface area contributed by atoms with Crippen LogP contribution in [0.1, 0.15) is 40.0 Å². The Kier molecular flexibility index (Phi) is 4.56. The molecule has 3 N–H and O–H groups in total. The van der Waals surface area contributed by atoms with Crippen molar-refractivity contribution in [2.45, 2.75) is 57.8 Å². The van der Waals surface area contributed by atoms with Crippen molar-refractivity contribution < 1.29 is 24.5 Å². The molecule has 1 aliphatic carbocycles. The van der Waals surface area contributed by atoms with E-state index < -0.39 is 35.7 Å². The molecule has 1 aliphatic rings. The number of alkyl carbamates (subject to hydrolysis) is 1. The molecule has 6 nitrogen and oxygen atoms in total. The maximum absolute atomic E-state index is 11.6. The maximum atomic E-state index is 11.6. The number of carbonyl (C=O) groups is 2. The molecule has 0 aliphatic heterocycles.